The Kier molecular flexibility index (Phi) is 3.90. The minimum atomic E-state index is 0.330. The Morgan fingerprint density at radius 3 is 2.25 bits per heavy atom. The molecule has 0 radical (unpaired) electrons. The van der Waals surface area contributed by atoms with Gasteiger partial charge in [0.25, 0.3) is 0 Å². The van der Waals surface area contributed by atoms with Gasteiger partial charge in [-0.1, -0.05) is 12.2 Å². The first-order chi connectivity index (χ1) is 1.91. The largest absolute Gasteiger partial charge is 0.308 e. The molecule has 1 unspecified atom stereocenters. The molecular weight excluding hydrogens is 89.1 g/mol. The van der Waals surface area contributed by atoms with Crippen LogP contribution in [0.3, 0.4) is 0 Å². The van der Waals surface area contributed by atoms with Crippen LogP contribution in [0.1, 0.15) is 0 Å². The molecule has 0 saturated carbocycles. The Morgan fingerprint density at radius 2 is 2.25 bits per heavy atom. The Balaban J connectivity index is 2.30. The zero-order valence-corrected chi connectivity index (χ0v) is 3.88. The number of thiocarbonyl (C=S) groups is 1. The lowest BCUT2D eigenvalue weighted by atomic mass is 11.9. The van der Waals surface area contributed by atoms with Crippen LogP contribution >= 0.6 is 20.9 Å². The molecule has 0 aliphatic rings. The van der Waals surface area contributed by atoms with Crippen molar-refractivity contribution in [2.75, 3.05) is 0 Å². The van der Waals surface area contributed by atoms with Crippen LogP contribution in [0.25, 0.3) is 0 Å². The van der Waals surface area contributed by atoms with E-state index in [2.05, 4.69) is 12.2 Å². The fourth-order valence-electron chi connectivity index (χ4n) is 0. The molecule has 2 N–H and O–H groups in total. The zero-order valence-electron chi connectivity index (χ0n) is 2.06. The van der Waals surface area contributed by atoms with E-state index in [9.17, 15) is 0 Å². The first-order valence-corrected chi connectivity index (χ1v) is 2.44. The number of hydrogen-bond acceptors (Lipinski definition) is 2. The molecular formula is CH4NPS. The van der Waals surface area contributed by atoms with Gasteiger partial charge in [-0.3, -0.25) is 0 Å². The van der Waals surface area contributed by atoms with Crippen LogP contribution in [-0.4, -0.2) is 5.11 Å². The molecule has 0 rings (SSSR count). The van der Waals surface area contributed by atoms with E-state index in [0.717, 1.165) is 0 Å². The normalized spacial score (nSPS) is 9.25. The van der Waals surface area contributed by atoms with Gasteiger partial charge < -0.3 is 5.50 Å². The molecule has 4 heavy (non-hydrogen) atoms. The van der Waals surface area contributed by atoms with Crippen molar-refractivity contribution in [2.24, 2.45) is 5.50 Å². The minimum Gasteiger partial charge on any atom is -0.308 e. The summed E-state index contributed by atoms with van der Waals surface area (Å²) in [6, 6.07) is 0. The van der Waals surface area contributed by atoms with Gasteiger partial charge in [-0.25, -0.2) is 0 Å². The maximum absolute atomic E-state index is 4.90. The summed E-state index contributed by atoms with van der Waals surface area (Å²) in [5, 5.41) is 1.51. The second kappa shape index (κ2) is 3.48. The molecule has 0 aliphatic heterocycles. The van der Waals surface area contributed by atoms with E-state index in [4.69, 9.17) is 5.50 Å². The molecule has 0 bridgehead atoms. The second-order valence-corrected chi connectivity index (χ2v) is 1.56. The Labute approximate surface area is 32.4 Å². The third-order valence-electron chi connectivity index (χ3n) is 0.0680. The summed E-state index contributed by atoms with van der Waals surface area (Å²) in [5.41, 5.74) is 4.90. The lowest BCUT2D eigenvalue weighted by Gasteiger charge is -1.59. The summed E-state index contributed by atoms with van der Waals surface area (Å²) in [4.78, 5) is 0. The van der Waals surface area contributed by atoms with Crippen LogP contribution in [0.4, 0.5) is 0 Å². The van der Waals surface area contributed by atoms with Gasteiger partial charge in [-0.05, 0) is 8.73 Å². The molecule has 0 spiro atoms. The smallest absolute Gasteiger partial charge is 0.0142 e. The van der Waals surface area contributed by atoms with Gasteiger partial charge in [0, 0.05) is 5.11 Å². The molecule has 1 nitrogen and oxygen atoms in total. The van der Waals surface area contributed by atoms with Gasteiger partial charge in [-0.15, -0.1) is 0 Å². The van der Waals surface area contributed by atoms with Gasteiger partial charge >= 0.3 is 0 Å². The molecule has 0 aromatic heterocycles. The van der Waals surface area contributed by atoms with Crippen molar-refractivity contribution in [3.05, 3.63) is 0 Å². The van der Waals surface area contributed by atoms with E-state index in [1.807, 2.05) is 0 Å². The van der Waals surface area contributed by atoms with Crippen LogP contribution in [0.15, 0.2) is 0 Å². The third kappa shape index (κ3) is 2.48. The highest BCUT2D eigenvalue weighted by molar-refractivity contribution is 7.90. The van der Waals surface area contributed by atoms with Crippen LogP contribution in [0.2, 0.25) is 0 Å². The van der Waals surface area contributed by atoms with Crippen molar-refractivity contribution in [3.63, 3.8) is 0 Å². The Morgan fingerprint density at radius 1 is 2.00 bits per heavy atom. The molecule has 3 heteroatoms. The molecule has 1 atom stereocenters. The second-order valence-electron chi connectivity index (χ2n) is 0.285. The average Bonchev–Trinajstić information content (AvgIpc) is 1.37. The summed E-state index contributed by atoms with van der Waals surface area (Å²) < 4.78 is 0. The summed E-state index contributed by atoms with van der Waals surface area (Å²) >= 11 is 4.32. The van der Waals surface area contributed by atoms with Crippen molar-refractivity contribution in [1.82, 2.24) is 0 Å². The fourth-order valence-corrected chi connectivity index (χ4v) is 0. The fraction of sp³-hybridized carbons (Fsp3) is 0. The van der Waals surface area contributed by atoms with Gasteiger partial charge in [0.15, 0.2) is 0 Å². The van der Waals surface area contributed by atoms with Crippen LogP contribution in [-0.2, 0) is 0 Å². The monoisotopic (exact) mass is 93.0 g/mol. The van der Waals surface area contributed by atoms with Gasteiger partial charge in [0.05, 0.1) is 0 Å². The Hall–Kier alpha value is 0.480. The highest BCUT2D eigenvalue weighted by Crippen LogP contribution is 1.82. The van der Waals surface area contributed by atoms with Crippen LogP contribution < -0.4 is 5.50 Å². The predicted octanol–water partition coefficient (Wildman–Crippen LogP) is 0.496. The molecule has 0 aromatic carbocycles. The summed E-state index contributed by atoms with van der Waals surface area (Å²) in [5.74, 6) is 0. The van der Waals surface area contributed by atoms with E-state index in [1.54, 1.807) is 0 Å². The Bertz CT molecular complexity index is 22.0. The molecule has 0 aliphatic carbocycles. The quantitative estimate of drug-likeness (QED) is 0.377. The van der Waals surface area contributed by atoms with Crippen LogP contribution in [0.5, 0.6) is 0 Å². The molecule has 0 fully saturated rings. The first kappa shape index (κ1) is 4.48. The predicted molar refractivity (Wildman–Crippen MR) is 26.2 cm³/mol. The number of rotatable bonds is 1. The van der Waals surface area contributed by atoms with Crippen molar-refractivity contribution in [3.8, 4) is 0 Å². The highest BCUT2D eigenvalue weighted by atomic mass is 32.1. The van der Waals surface area contributed by atoms with E-state index < -0.39 is 0 Å². The minimum absolute atomic E-state index is 0.330. The molecule has 0 saturated heterocycles. The summed E-state index contributed by atoms with van der Waals surface area (Å²) in [7, 11) is 0.330. The maximum atomic E-state index is 4.90. The maximum Gasteiger partial charge on any atom is 0.0142 e. The molecule has 0 aromatic rings. The van der Waals surface area contributed by atoms with E-state index in [0.29, 0.717) is 8.73 Å². The summed E-state index contributed by atoms with van der Waals surface area (Å²) in [6.45, 7) is 0. The topological polar surface area (TPSA) is 26.0 Å². The van der Waals surface area contributed by atoms with Crippen molar-refractivity contribution in [2.45, 2.75) is 0 Å². The first-order valence-electron chi connectivity index (χ1n) is 0.813. The number of hydrogen-bond donors (Lipinski definition) is 1. The lowest BCUT2D eigenvalue weighted by molar-refractivity contribution is 2.04. The average molecular weight is 93.1 g/mol. The molecule has 0 amide bonds. The standard InChI is InChI=1S/CH4NPS/c2-3-1-4/h1,3H,2H2. The van der Waals surface area contributed by atoms with Gasteiger partial charge in [0.1, 0.15) is 0 Å². The van der Waals surface area contributed by atoms with Crippen molar-refractivity contribution < 1.29 is 0 Å². The molecule has 0 heterocycles. The van der Waals surface area contributed by atoms with Crippen molar-refractivity contribution >= 4 is 26.1 Å². The van der Waals surface area contributed by atoms with Gasteiger partial charge in [0.2, 0.25) is 0 Å². The zero-order chi connectivity index (χ0) is 3.41. The third-order valence-corrected chi connectivity index (χ3v) is 0.612. The number of nitrogens with two attached hydrogens (primary N) is 1. The summed E-state index contributed by atoms with van der Waals surface area (Å²) in [6.07, 6.45) is 0. The van der Waals surface area contributed by atoms with Crippen molar-refractivity contribution in [1.29, 1.82) is 0 Å². The lowest BCUT2D eigenvalue weighted by Crippen LogP contribution is -1.64. The molecule has 24 valence electrons. The highest BCUT2D eigenvalue weighted by Gasteiger charge is 1.45. The van der Waals surface area contributed by atoms with Gasteiger partial charge in [-0.2, -0.15) is 0 Å². The SMILES string of the molecule is NPC=S. The van der Waals surface area contributed by atoms with E-state index >= 15 is 0 Å². The van der Waals surface area contributed by atoms with E-state index in [1.165, 1.54) is 5.11 Å². The van der Waals surface area contributed by atoms with Crippen LogP contribution in [0, 0.1) is 0 Å². The van der Waals surface area contributed by atoms with E-state index in [-0.39, 0.29) is 0 Å².